The van der Waals surface area contributed by atoms with Gasteiger partial charge in [-0.25, -0.2) is 4.39 Å². The number of rotatable bonds is 6. The van der Waals surface area contributed by atoms with E-state index in [0.29, 0.717) is 17.9 Å². The number of hydrogen-bond donors (Lipinski definition) is 1. The van der Waals surface area contributed by atoms with Gasteiger partial charge in [0.05, 0.1) is 0 Å². The van der Waals surface area contributed by atoms with Gasteiger partial charge in [0.2, 0.25) is 0 Å². The fourth-order valence-corrected chi connectivity index (χ4v) is 1.97. The van der Waals surface area contributed by atoms with Gasteiger partial charge in [0.25, 0.3) is 0 Å². The molecule has 0 aromatic heterocycles. The van der Waals surface area contributed by atoms with Crippen LogP contribution < -0.4 is 8.27 Å². The topological polar surface area (TPSA) is 38.3 Å². The van der Waals surface area contributed by atoms with Crippen molar-refractivity contribution in [3.05, 3.63) is 35.7 Å². The van der Waals surface area contributed by atoms with Crippen molar-refractivity contribution in [2.75, 3.05) is 6.54 Å². The van der Waals surface area contributed by atoms with Crippen molar-refractivity contribution >= 4 is 34.7 Å². The van der Waals surface area contributed by atoms with Crippen LogP contribution in [0.4, 0.5) is 4.39 Å². The first-order valence-electron chi connectivity index (χ1n) is 5.50. The molecule has 1 rings (SSSR count). The van der Waals surface area contributed by atoms with Crippen LogP contribution in [0.1, 0.15) is 19.4 Å². The molecule has 0 saturated carbocycles. The maximum atomic E-state index is 13.4. The zero-order chi connectivity index (χ0) is 13.5. The Hall–Kier alpha value is -0.950. The number of benzene rings is 1. The summed E-state index contributed by atoms with van der Waals surface area (Å²) in [5.41, 5.74) is 0.606. The summed E-state index contributed by atoms with van der Waals surface area (Å²) in [7, 11) is 0. The third-order valence-electron chi connectivity index (χ3n) is 2.11. The number of carbonyl (C=O) groups is 1. The zero-order valence-corrected chi connectivity index (χ0v) is 12.4. The highest BCUT2D eigenvalue weighted by Gasteiger charge is 2.05. The molecule has 1 aromatic rings. The van der Waals surface area contributed by atoms with Crippen molar-refractivity contribution in [1.29, 1.82) is 0 Å². The van der Waals surface area contributed by atoms with Gasteiger partial charge >= 0.3 is 0 Å². The van der Waals surface area contributed by atoms with Crippen LogP contribution >= 0.6 is 22.9 Å². The van der Waals surface area contributed by atoms with Gasteiger partial charge in [0.1, 0.15) is 17.7 Å². The second kappa shape index (κ2) is 7.48. The minimum absolute atomic E-state index is 0.0617. The Kier molecular flexibility index (Phi) is 6.28. The van der Waals surface area contributed by atoms with Gasteiger partial charge in [-0.1, -0.05) is 6.08 Å². The lowest BCUT2D eigenvalue weighted by Gasteiger charge is -2.14. The molecule has 0 fully saturated rings. The van der Waals surface area contributed by atoms with E-state index in [0.717, 1.165) is 0 Å². The molecule has 0 heterocycles. The number of nitrogens with one attached hydrogen (secondary N) is 1. The Morgan fingerprint density at radius 3 is 2.89 bits per heavy atom. The molecule has 0 radical (unpaired) electrons. The van der Waals surface area contributed by atoms with Crippen LogP contribution in [0.15, 0.2) is 24.3 Å². The molecule has 1 aromatic carbocycles. The molecular formula is C13H15FINO2. The van der Waals surface area contributed by atoms with Crippen LogP contribution in [0.25, 0.3) is 6.08 Å². The number of ketones is 1. The Labute approximate surface area is 120 Å². The zero-order valence-electron chi connectivity index (χ0n) is 10.2. The normalized spacial score (nSPS) is 12.7. The molecule has 98 valence electrons. The lowest BCUT2D eigenvalue weighted by Crippen LogP contribution is -2.23. The van der Waals surface area contributed by atoms with Gasteiger partial charge in [-0.3, -0.25) is 8.32 Å². The summed E-state index contributed by atoms with van der Waals surface area (Å²) in [5, 5.41) is 0. The first kappa shape index (κ1) is 15.1. The summed E-state index contributed by atoms with van der Waals surface area (Å²) in [6.07, 6.45) is 2.90. The van der Waals surface area contributed by atoms with Crippen LogP contribution in [-0.2, 0) is 4.79 Å². The first-order chi connectivity index (χ1) is 8.51. The van der Waals surface area contributed by atoms with Gasteiger partial charge in [-0.15, -0.1) is 0 Å². The predicted octanol–water partition coefficient (Wildman–Crippen LogP) is 3.13. The highest BCUT2D eigenvalue weighted by atomic mass is 127. The Balaban J connectivity index is 2.83. The van der Waals surface area contributed by atoms with E-state index in [4.69, 9.17) is 4.74 Å². The number of allylic oxidation sites excluding steroid dienone is 1. The summed E-state index contributed by atoms with van der Waals surface area (Å²) in [4.78, 5) is 10.8. The lowest BCUT2D eigenvalue weighted by atomic mass is 10.2. The van der Waals surface area contributed by atoms with Gasteiger partial charge < -0.3 is 4.74 Å². The van der Waals surface area contributed by atoms with Crippen molar-refractivity contribution < 1.29 is 13.9 Å². The Bertz CT molecular complexity index is 449. The number of hydrogen-bond acceptors (Lipinski definition) is 3. The highest BCUT2D eigenvalue weighted by molar-refractivity contribution is 14.1. The second-order valence-corrected chi connectivity index (χ2v) is 4.69. The average Bonchev–Trinajstić information content (AvgIpc) is 2.25. The van der Waals surface area contributed by atoms with Gasteiger partial charge in [0, 0.05) is 35.5 Å². The maximum Gasteiger partial charge on any atom is 0.152 e. The third kappa shape index (κ3) is 5.59. The molecular weight excluding hydrogens is 348 g/mol. The SMILES string of the molecule is CC(=O)/C=C/c1cc(F)cc(O[C@H](C)CNI)c1. The molecule has 0 aliphatic carbocycles. The van der Waals surface area contributed by atoms with Crippen LogP contribution in [0.5, 0.6) is 5.75 Å². The third-order valence-corrected chi connectivity index (χ3v) is 2.55. The van der Waals surface area contributed by atoms with Crippen molar-refractivity contribution in [3.8, 4) is 5.75 Å². The van der Waals surface area contributed by atoms with Gasteiger partial charge in [-0.05, 0) is 37.6 Å². The Morgan fingerprint density at radius 1 is 1.56 bits per heavy atom. The van der Waals surface area contributed by atoms with Crippen LogP contribution in [0, 0.1) is 5.82 Å². The van der Waals surface area contributed by atoms with Crippen molar-refractivity contribution in [2.45, 2.75) is 20.0 Å². The molecule has 1 atom stereocenters. The molecule has 18 heavy (non-hydrogen) atoms. The van der Waals surface area contributed by atoms with E-state index >= 15 is 0 Å². The minimum atomic E-state index is -0.384. The summed E-state index contributed by atoms with van der Waals surface area (Å²) in [6.45, 7) is 4.00. The van der Waals surface area contributed by atoms with Crippen LogP contribution in [0.3, 0.4) is 0 Å². The van der Waals surface area contributed by atoms with Crippen LogP contribution in [-0.4, -0.2) is 18.4 Å². The summed E-state index contributed by atoms with van der Waals surface area (Å²) >= 11 is 2.03. The molecule has 1 N–H and O–H groups in total. The Morgan fingerprint density at radius 2 is 2.28 bits per heavy atom. The van der Waals surface area contributed by atoms with Crippen molar-refractivity contribution in [1.82, 2.24) is 3.53 Å². The van der Waals surface area contributed by atoms with Gasteiger partial charge in [0.15, 0.2) is 5.78 Å². The standard InChI is InChI=1S/C13H15FINO2/c1-9(17)3-4-11-5-12(14)7-13(6-11)18-10(2)8-16-15/h3-7,10,16H,8H2,1-2H3/b4-3+/t10-/m1/s1. The number of carbonyl (C=O) groups excluding carboxylic acids is 1. The molecule has 3 nitrogen and oxygen atoms in total. The molecule has 0 saturated heterocycles. The average molecular weight is 363 g/mol. The molecule has 0 bridgehead atoms. The number of halogens is 2. The maximum absolute atomic E-state index is 13.4. The molecule has 0 spiro atoms. The molecule has 0 aliphatic heterocycles. The van der Waals surface area contributed by atoms with E-state index in [1.54, 1.807) is 12.1 Å². The smallest absolute Gasteiger partial charge is 0.152 e. The van der Waals surface area contributed by atoms with E-state index in [1.807, 2.05) is 29.8 Å². The van der Waals surface area contributed by atoms with Crippen molar-refractivity contribution in [2.24, 2.45) is 0 Å². The quantitative estimate of drug-likeness (QED) is 0.480. The minimum Gasteiger partial charge on any atom is -0.489 e. The van der Waals surface area contributed by atoms with Gasteiger partial charge in [-0.2, -0.15) is 0 Å². The molecule has 5 heteroatoms. The predicted molar refractivity (Wildman–Crippen MR) is 78.2 cm³/mol. The fourth-order valence-electron chi connectivity index (χ4n) is 1.34. The van der Waals surface area contributed by atoms with E-state index in [1.165, 1.54) is 25.1 Å². The second-order valence-electron chi connectivity index (χ2n) is 3.93. The number of ether oxygens (including phenoxy) is 1. The summed E-state index contributed by atoms with van der Waals surface area (Å²) < 4.78 is 21.9. The molecule has 0 amide bonds. The lowest BCUT2D eigenvalue weighted by molar-refractivity contribution is -0.112. The van der Waals surface area contributed by atoms with E-state index in [9.17, 15) is 9.18 Å². The highest BCUT2D eigenvalue weighted by Crippen LogP contribution is 2.18. The molecule has 0 aliphatic rings. The fraction of sp³-hybridized carbons (Fsp3) is 0.308. The summed E-state index contributed by atoms with van der Waals surface area (Å²) in [6, 6.07) is 4.38. The van der Waals surface area contributed by atoms with E-state index in [2.05, 4.69) is 3.53 Å². The summed E-state index contributed by atoms with van der Waals surface area (Å²) in [5.74, 6) is -0.00750. The monoisotopic (exact) mass is 363 g/mol. The van der Waals surface area contributed by atoms with E-state index in [-0.39, 0.29) is 17.7 Å². The van der Waals surface area contributed by atoms with Crippen LogP contribution in [0.2, 0.25) is 0 Å². The molecule has 0 unspecified atom stereocenters. The van der Waals surface area contributed by atoms with E-state index < -0.39 is 0 Å². The largest absolute Gasteiger partial charge is 0.489 e. The van der Waals surface area contributed by atoms with Crippen molar-refractivity contribution in [3.63, 3.8) is 0 Å². The first-order valence-corrected chi connectivity index (χ1v) is 6.58.